The fourth-order valence-corrected chi connectivity index (χ4v) is 4.55. The molecule has 12 nitrogen and oxygen atoms in total. The van der Waals surface area contributed by atoms with Gasteiger partial charge in [-0.25, -0.2) is 4.98 Å². The highest BCUT2D eigenvalue weighted by molar-refractivity contribution is 7.92. The first kappa shape index (κ1) is 27.4. The van der Waals surface area contributed by atoms with E-state index in [1.807, 2.05) is 18.7 Å². The molecule has 0 amide bonds. The Bertz CT molecular complexity index is 1330. The standard InChI is InChI=1S/C25H31N5O7S/c1-17(2)18-8-9-21(26-16-18)38(32,33)29-23-22(37-20-7-5-4-6-19(20)34-3)24(36-15-12-31)28-25(27-23)30-10-13-35-14-11-30/h4-9,16-17,31H,10-15H2,1-3H3,(H,27,28,29). The zero-order valence-electron chi connectivity index (χ0n) is 21.5. The van der Waals surface area contributed by atoms with Crippen LogP contribution in [0.1, 0.15) is 25.3 Å². The fourth-order valence-electron chi connectivity index (χ4n) is 3.61. The molecule has 2 aromatic heterocycles. The third kappa shape index (κ3) is 6.41. The maximum Gasteiger partial charge on any atom is 0.280 e. The van der Waals surface area contributed by atoms with Crippen LogP contribution in [0.2, 0.25) is 0 Å². The molecule has 1 aliphatic rings. The summed E-state index contributed by atoms with van der Waals surface area (Å²) in [7, 11) is -2.70. The Kier molecular flexibility index (Phi) is 8.81. The summed E-state index contributed by atoms with van der Waals surface area (Å²) in [5.74, 6) is 0.787. The molecule has 3 aromatic rings. The van der Waals surface area contributed by atoms with E-state index in [1.54, 1.807) is 30.3 Å². The second kappa shape index (κ2) is 12.2. The molecule has 38 heavy (non-hydrogen) atoms. The quantitative estimate of drug-likeness (QED) is 0.367. The van der Waals surface area contributed by atoms with Crippen molar-refractivity contribution in [1.29, 1.82) is 0 Å². The van der Waals surface area contributed by atoms with Crippen LogP contribution in [0.4, 0.5) is 11.8 Å². The van der Waals surface area contributed by atoms with E-state index in [-0.39, 0.29) is 53.3 Å². The fraction of sp³-hybridized carbons (Fsp3) is 0.400. The Morgan fingerprint density at radius 1 is 1.11 bits per heavy atom. The van der Waals surface area contributed by atoms with Crippen molar-refractivity contribution in [3.05, 3.63) is 48.2 Å². The van der Waals surface area contributed by atoms with E-state index in [9.17, 15) is 13.5 Å². The molecule has 4 rings (SSSR count). The van der Waals surface area contributed by atoms with Crippen LogP contribution < -0.4 is 23.8 Å². The van der Waals surface area contributed by atoms with E-state index in [4.69, 9.17) is 18.9 Å². The molecular formula is C25H31N5O7S. The molecule has 1 aliphatic heterocycles. The van der Waals surface area contributed by atoms with Gasteiger partial charge in [-0.2, -0.15) is 18.4 Å². The highest BCUT2D eigenvalue weighted by atomic mass is 32.2. The molecule has 2 N–H and O–H groups in total. The van der Waals surface area contributed by atoms with E-state index in [0.717, 1.165) is 5.56 Å². The molecule has 0 saturated carbocycles. The van der Waals surface area contributed by atoms with Gasteiger partial charge in [0, 0.05) is 19.3 Å². The largest absolute Gasteiger partial charge is 0.493 e. The Labute approximate surface area is 221 Å². The van der Waals surface area contributed by atoms with E-state index >= 15 is 0 Å². The number of para-hydroxylation sites is 2. The highest BCUT2D eigenvalue weighted by Crippen LogP contribution is 2.41. The number of rotatable bonds is 11. The van der Waals surface area contributed by atoms with Crippen LogP contribution in [0.3, 0.4) is 0 Å². The maximum atomic E-state index is 13.4. The number of sulfonamides is 1. The number of anilines is 2. The van der Waals surface area contributed by atoms with Crippen LogP contribution in [0, 0.1) is 0 Å². The lowest BCUT2D eigenvalue weighted by molar-refractivity contribution is 0.122. The molecule has 1 saturated heterocycles. The number of aliphatic hydroxyl groups is 1. The van der Waals surface area contributed by atoms with Gasteiger partial charge in [-0.1, -0.05) is 32.0 Å². The number of pyridine rings is 1. The number of nitrogens with one attached hydrogen (secondary N) is 1. The third-order valence-corrected chi connectivity index (χ3v) is 6.91. The molecule has 1 fully saturated rings. The number of aromatic nitrogens is 3. The lowest BCUT2D eigenvalue weighted by Crippen LogP contribution is -2.37. The summed E-state index contributed by atoms with van der Waals surface area (Å²) in [4.78, 5) is 15.0. The van der Waals surface area contributed by atoms with Crippen LogP contribution >= 0.6 is 0 Å². The Balaban J connectivity index is 1.81. The van der Waals surface area contributed by atoms with Gasteiger partial charge < -0.3 is 29.0 Å². The lowest BCUT2D eigenvalue weighted by Gasteiger charge is -2.28. The number of benzene rings is 1. The van der Waals surface area contributed by atoms with Crippen molar-refractivity contribution in [2.24, 2.45) is 0 Å². The molecule has 204 valence electrons. The van der Waals surface area contributed by atoms with Gasteiger partial charge in [-0.15, -0.1) is 0 Å². The van der Waals surface area contributed by atoms with E-state index < -0.39 is 10.0 Å². The lowest BCUT2D eigenvalue weighted by atomic mass is 10.1. The average molecular weight is 546 g/mol. The topological polar surface area (TPSA) is 145 Å². The molecule has 0 radical (unpaired) electrons. The van der Waals surface area contributed by atoms with Crippen LogP contribution in [0.25, 0.3) is 0 Å². The van der Waals surface area contributed by atoms with Gasteiger partial charge in [0.05, 0.1) is 26.9 Å². The van der Waals surface area contributed by atoms with Crippen molar-refractivity contribution < 1.29 is 32.5 Å². The number of hydrogen-bond donors (Lipinski definition) is 2. The zero-order valence-corrected chi connectivity index (χ0v) is 22.3. The Morgan fingerprint density at radius 3 is 2.47 bits per heavy atom. The summed E-state index contributed by atoms with van der Waals surface area (Å²) < 4.78 is 51.9. The van der Waals surface area contributed by atoms with Crippen molar-refractivity contribution in [3.8, 4) is 23.1 Å². The summed E-state index contributed by atoms with van der Waals surface area (Å²) in [6.45, 7) is 5.50. The first-order valence-electron chi connectivity index (χ1n) is 12.1. The number of hydrogen-bond acceptors (Lipinski definition) is 11. The minimum Gasteiger partial charge on any atom is -0.493 e. The van der Waals surface area contributed by atoms with Crippen molar-refractivity contribution in [2.45, 2.75) is 24.8 Å². The predicted molar refractivity (Wildman–Crippen MR) is 140 cm³/mol. The molecule has 0 atom stereocenters. The summed E-state index contributed by atoms with van der Waals surface area (Å²) in [6, 6.07) is 9.99. The Morgan fingerprint density at radius 2 is 1.84 bits per heavy atom. The molecular weight excluding hydrogens is 514 g/mol. The van der Waals surface area contributed by atoms with Gasteiger partial charge in [-0.3, -0.25) is 4.72 Å². The average Bonchev–Trinajstić information content (AvgIpc) is 2.93. The maximum absolute atomic E-state index is 13.4. The van der Waals surface area contributed by atoms with Gasteiger partial charge in [0.2, 0.25) is 11.7 Å². The number of nitrogens with zero attached hydrogens (tertiary/aromatic N) is 4. The van der Waals surface area contributed by atoms with Crippen molar-refractivity contribution in [2.75, 3.05) is 56.2 Å². The van der Waals surface area contributed by atoms with E-state index in [0.29, 0.717) is 32.1 Å². The first-order valence-corrected chi connectivity index (χ1v) is 13.6. The minimum atomic E-state index is -4.18. The summed E-state index contributed by atoms with van der Waals surface area (Å²) in [6.07, 6.45) is 1.53. The van der Waals surface area contributed by atoms with Crippen molar-refractivity contribution in [3.63, 3.8) is 0 Å². The highest BCUT2D eigenvalue weighted by Gasteiger charge is 2.27. The first-order chi connectivity index (χ1) is 18.3. The predicted octanol–water partition coefficient (Wildman–Crippen LogP) is 2.80. The van der Waals surface area contributed by atoms with Gasteiger partial charge >= 0.3 is 0 Å². The van der Waals surface area contributed by atoms with Crippen molar-refractivity contribution in [1.82, 2.24) is 15.0 Å². The molecule has 0 spiro atoms. The normalized spacial score (nSPS) is 13.9. The SMILES string of the molecule is COc1ccccc1Oc1c(NS(=O)(=O)c2ccc(C(C)C)cn2)nc(N2CCOCC2)nc1OCCO. The smallest absolute Gasteiger partial charge is 0.280 e. The van der Waals surface area contributed by atoms with Crippen LogP contribution in [-0.2, 0) is 14.8 Å². The monoisotopic (exact) mass is 545 g/mol. The van der Waals surface area contributed by atoms with E-state index in [1.165, 1.54) is 19.4 Å². The van der Waals surface area contributed by atoms with Gasteiger partial charge in [0.15, 0.2) is 22.3 Å². The van der Waals surface area contributed by atoms with Crippen LogP contribution in [0.15, 0.2) is 47.6 Å². The summed E-state index contributed by atoms with van der Waals surface area (Å²) in [5, 5.41) is 9.21. The second-order valence-electron chi connectivity index (χ2n) is 8.62. The third-order valence-electron chi connectivity index (χ3n) is 5.66. The second-order valence-corrected chi connectivity index (χ2v) is 10.3. The van der Waals surface area contributed by atoms with E-state index in [2.05, 4.69) is 19.7 Å². The number of aliphatic hydroxyl groups excluding tert-OH is 1. The molecule has 3 heterocycles. The molecule has 0 bridgehead atoms. The number of ether oxygens (including phenoxy) is 4. The van der Waals surface area contributed by atoms with Gasteiger partial charge in [-0.05, 0) is 29.7 Å². The number of morpholine rings is 1. The van der Waals surface area contributed by atoms with Crippen LogP contribution in [0.5, 0.6) is 23.1 Å². The molecule has 0 aliphatic carbocycles. The van der Waals surface area contributed by atoms with Crippen molar-refractivity contribution >= 4 is 21.8 Å². The minimum absolute atomic E-state index is 0.0535. The summed E-state index contributed by atoms with van der Waals surface area (Å²) in [5.41, 5.74) is 0.903. The molecule has 0 unspecified atom stereocenters. The molecule has 1 aromatic carbocycles. The zero-order chi connectivity index (χ0) is 27.1. The van der Waals surface area contributed by atoms with Gasteiger partial charge in [0.1, 0.15) is 6.61 Å². The number of methoxy groups -OCH3 is 1. The Hall–Kier alpha value is -3.68. The van der Waals surface area contributed by atoms with Crippen LogP contribution in [-0.4, -0.2) is 75.1 Å². The van der Waals surface area contributed by atoms with Gasteiger partial charge in [0.25, 0.3) is 15.9 Å². The molecule has 13 heteroatoms. The summed E-state index contributed by atoms with van der Waals surface area (Å²) >= 11 is 0.